The molecule has 1 aliphatic carbocycles. The molecule has 0 bridgehead atoms. The van der Waals surface area contributed by atoms with Crippen molar-refractivity contribution in [3.63, 3.8) is 0 Å². The summed E-state index contributed by atoms with van der Waals surface area (Å²) in [5, 5.41) is 27.8. The summed E-state index contributed by atoms with van der Waals surface area (Å²) in [6.45, 7) is 4.20. The number of halogens is 1. The van der Waals surface area contributed by atoms with Crippen molar-refractivity contribution in [3.05, 3.63) is 47.2 Å². The van der Waals surface area contributed by atoms with Crippen molar-refractivity contribution in [2.24, 2.45) is 5.73 Å². The van der Waals surface area contributed by atoms with Crippen LogP contribution in [0.3, 0.4) is 0 Å². The second-order valence-corrected chi connectivity index (χ2v) is 9.21. The van der Waals surface area contributed by atoms with E-state index in [2.05, 4.69) is 40.5 Å². The van der Waals surface area contributed by atoms with E-state index in [1.165, 1.54) is 0 Å². The van der Waals surface area contributed by atoms with Gasteiger partial charge in [0.1, 0.15) is 11.1 Å². The lowest BCUT2D eigenvalue weighted by Gasteiger charge is -2.30. The molecular formula is C22H23ClN8S. The Balaban J connectivity index is 0.00000245. The molecule has 4 aromatic rings. The number of rotatable bonds is 5. The quantitative estimate of drug-likeness (QED) is 0.451. The molecule has 32 heavy (non-hydrogen) atoms. The smallest absolute Gasteiger partial charge is 0.151 e. The van der Waals surface area contributed by atoms with Crippen LogP contribution in [-0.4, -0.2) is 36.9 Å². The van der Waals surface area contributed by atoms with E-state index in [1.807, 2.05) is 30.5 Å². The van der Waals surface area contributed by atoms with Crippen LogP contribution in [-0.2, 0) is 0 Å². The number of nitrogens with two attached hydrogens (primary N) is 1. The maximum Gasteiger partial charge on any atom is 0.151 e. The first-order valence-electron chi connectivity index (χ1n) is 10.3. The predicted octanol–water partition coefficient (Wildman–Crippen LogP) is 4.23. The second kappa shape index (κ2) is 8.82. The molecule has 5 rings (SSSR count). The van der Waals surface area contributed by atoms with Crippen LogP contribution in [0.4, 0.5) is 5.69 Å². The summed E-state index contributed by atoms with van der Waals surface area (Å²) in [6, 6.07) is 10.4. The summed E-state index contributed by atoms with van der Waals surface area (Å²) in [6.07, 6.45) is 5.36. The fourth-order valence-corrected chi connectivity index (χ4v) is 4.82. The standard InChI is InChI=1S/C22H22N8S.ClH/c1-12(2)27-18-8-19(20-4-3-16-5-13(9-23)10-26-30(16)20)25-11-17(18)22-29-28-21(31-22)14-6-15(24)7-14;/h3-5,8,10-12,14-15H,6-7,24H2,1-2H3,(H,25,27);1H. The summed E-state index contributed by atoms with van der Waals surface area (Å²) in [7, 11) is 0. The maximum absolute atomic E-state index is 9.11. The number of nitrogens with one attached hydrogen (secondary N) is 1. The van der Waals surface area contributed by atoms with Gasteiger partial charge < -0.3 is 11.1 Å². The van der Waals surface area contributed by atoms with Crippen molar-refractivity contribution >= 4 is 34.9 Å². The van der Waals surface area contributed by atoms with Gasteiger partial charge in [0.25, 0.3) is 0 Å². The number of hydrogen-bond donors (Lipinski definition) is 2. The Morgan fingerprint density at radius 1 is 1.22 bits per heavy atom. The first-order valence-corrected chi connectivity index (χ1v) is 11.1. The number of aromatic nitrogens is 5. The molecule has 0 aliphatic heterocycles. The summed E-state index contributed by atoms with van der Waals surface area (Å²) in [5.74, 6) is 0.423. The Bertz CT molecular complexity index is 1300. The van der Waals surface area contributed by atoms with E-state index in [-0.39, 0.29) is 24.5 Å². The van der Waals surface area contributed by atoms with Gasteiger partial charge in [-0.05, 0) is 51.0 Å². The van der Waals surface area contributed by atoms with Gasteiger partial charge in [-0.15, -0.1) is 22.6 Å². The third-order valence-corrected chi connectivity index (χ3v) is 6.55. The van der Waals surface area contributed by atoms with Crippen LogP contribution in [0, 0.1) is 11.3 Å². The van der Waals surface area contributed by atoms with E-state index < -0.39 is 0 Å². The number of nitrogens with zero attached hydrogens (tertiary/aromatic N) is 6. The summed E-state index contributed by atoms with van der Waals surface area (Å²) < 4.78 is 1.80. The molecule has 0 amide bonds. The SMILES string of the molecule is CC(C)Nc1cc(-c2ccc3cc(C#N)cnn23)ncc1-c1nnc(C2CC(N)C2)s1.Cl. The summed E-state index contributed by atoms with van der Waals surface area (Å²) in [4.78, 5) is 4.71. The minimum Gasteiger partial charge on any atom is -0.382 e. The first kappa shape index (κ1) is 22.1. The molecule has 0 spiro atoms. The summed E-state index contributed by atoms with van der Waals surface area (Å²) in [5.41, 5.74) is 10.9. The lowest BCUT2D eigenvalue weighted by atomic mass is 9.81. The van der Waals surface area contributed by atoms with Crippen LogP contribution < -0.4 is 11.1 Å². The lowest BCUT2D eigenvalue weighted by molar-refractivity contribution is 0.349. The normalized spacial score (nSPS) is 17.6. The maximum atomic E-state index is 9.11. The van der Waals surface area contributed by atoms with Gasteiger partial charge in [-0.25, -0.2) is 4.52 Å². The zero-order valence-electron chi connectivity index (χ0n) is 17.7. The van der Waals surface area contributed by atoms with Gasteiger partial charge in [-0.3, -0.25) is 4.98 Å². The molecule has 0 atom stereocenters. The third-order valence-electron chi connectivity index (χ3n) is 5.43. The van der Waals surface area contributed by atoms with Crippen molar-refractivity contribution < 1.29 is 0 Å². The van der Waals surface area contributed by atoms with Gasteiger partial charge in [-0.1, -0.05) is 11.3 Å². The Morgan fingerprint density at radius 3 is 2.75 bits per heavy atom. The Hall–Kier alpha value is -3.06. The molecule has 0 radical (unpaired) electrons. The van der Waals surface area contributed by atoms with Crippen molar-refractivity contribution in [2.75, 3.05) is 5.32 Å². The lowest BCUT2D eigenvalue weighted by Crippen LogP contribution is -2.34. The van der Waals surface area contributed by atoms with Gasteiger partial charge in [0, 0.05) is 29.9 Å². The van der Waals surface area contributed by atoms with Crippen LogP contribution in [0.25, 0.3) is 27.5 Å². The topological polar surface area (TPSA) is 118 Å². The van der Waals surface area contributed by atoms with Gasteiger partial charge in [0.2, 0.25) is 0 Å². The molecule has 3 N–H and O–H groups in total. The van der Waals surface area contributed by atoms with Crippen LogP contribution in [0.15, 0.2) is 36.7 Å². The van der Waals surface area contributed by atoms with Crippen molar-refractivity contribution in [3.8, 4) is 28.0 Å². The zero-order chi connectivity index (χ0) is 21.5. The largest absolute Gasteiger partial charge is 0.382 e. The van der Waals surface area contributed by atoms with E-state index >= 15 is 0 Å². The fraction of sp³-hybridized carbons (Fsp3) is 0.318. The summed E-state index contributed by atoms with van der Waals surface area (Å²) >= 11 is 1.62. The van der Waals surface area contributed by atoms with Gasteiger partial charge in [0.05, 0.1) is 34.2 Å². The van der Waals surface area contributed by atoms with Gasteiger partial charge in [0.15, 0.2) is 5.01 Å². The molecule has 164 valence electrons. The molecule has 1 aliphatic rings. The van der Waals surface area contributed by atoms with E-state index in [0.29, 0.717) is 11.5 Å². The van der Waals surface area contributed by atoms with Crippen LogP contribution >= 0.6 is 23.7 Å². The number of nitriles is 1. The highest BCUT2D eigenvalue weighted by Gasteiger charge is 2.30. The molecule has 4 heterocycles. The number of fused-ring (bicyclic) bond motifs is 1. The highest BCUT2D eigenvalue weighted by molar-refractivity contribution is 7.14. The number of pyridine rings is 1. The minimum atomic E-state index is 0. The molecule has 0 saturated heterocycles. The van der Waals surface area contributed by atoms with Crippen LogP contribution in [0.1, 0.15) is 43.2 Å². The molecule has 0 unspecified atom stereocenters. The number of anilines is 1. The molecule has 8 nitrogen and oxygen atoms in total. The third kappa shape index (κ3) is 4.05. The minimum absolute atomic E-state index is 0. The Labute approximate surface area is 195 Å². The second-order valence-electron chi connectivity index (χ2n) is 8.20. The van der Waals surface area contributed by atoms with Crippen LogP contribution in [0.2, 0.25) is 0 Å². The first-order chi connectivity index (χ1) is 15.0. The van der Waals surface area contributed by atoms with E-state index in [4.69, 9.17) is 16.0 Å². The van der Waals surface area contributed by atoms with E-state index in [9.17, 15) is 0 Å². The average molecular weight is 467 g/mol. The average Bonchev–Trinajstić information content (AvgIpc) is 3.37. The Morgan fingerprint density at radius 2 is 2.03 bits per heavy atom. The molecule has 4 aromatic heterocycles. The van der Waals surface area contributed by atoms with Gasteiger partial charge >= 0.3 is 0 Å². The molecular weight excluding hydrogens is 444 g/mol. The van der Waals surface area contributed by atoms with Crippen molar-refractivity contribution in [2.45, 2.75) is 44.7 Å². The van der Waals surface area contributed by atoms with Crippen molar-refractivity contribution in [1.29, 1.82) is 5.26 Å². The van der Waals surface area contributed by atoms with E-state index in [1.54, 1.807) is 22.0 Å². The highest BCUT2D eigenvalue weighted by Crippen LogP contribution is 2.40. The highest BCUT2D eigenvalue weighted by atomic mass is 35.5. The molecule has 0 aromatic carbocycles. The predicted molar refractivity (Wildman–Crippen MR) is 128 cm³/mol. The van der Waals surface area contributed by atoms with E-state index in [0.717, 1.165) is 51.0 Å². The molecule has 10 heteroatoms. The Kier molecular flexibility index (Phi) is 6.11. The molecule has 1 saturated carbocycles. The van der Waals surface area contributed by atoms with Crippen molar-refractivity contribution in [1.82, 2.24) is 24.8 Å². The zero-order valence-corrected chi connectivity index (χ0v) is 19.3. The monoisotopic (exact) mass is 466 g/mol. The fourth-order valence-electron chi connectivity index (χ4n) is 3.82. The molecule has 1 fully saturated rings. The van der Waals surface area contributed by atoms with Crippen LogP contribution in [0.5, 0.6) is 0 Å². The number of hydrogen-bond acceptors (Lipinski definition) is 8. The van der Waals surface area contributed by atoms with Gasteiger partial charge in [-0.2, -0.15) is 10.4 Å².